The molecule has 3 unspecified atom stereocenters. The van der Waals surface area contributed by atoms with E-state index in [1.807, 2.05) is 36.4 Å². The molecule has 0 aliphatic carbocycles. The Balaban J connectivity index is 1.14. The Bertz CT molecular complexity index is 911. The molecule has 33 heavy (non-hydrogen) atoms. The first-order chi connectivity index (χ1) is 16.2. The Hall–Kier alpha value is -2.53. The molecule has 5 rings (SSSR count). The molecule has 3 saturated heterocycles. The number of carbonyl (C=O) groups is 1. The maximum Gasteiger partial charge on any atom is 0.255 e. The average Bonchev–Trinajstić information content (AvgIpc) is 3.41. The van der Waals surface area contributed by atoms with Crippen molar-refractivity contribution in [2.45, 2.75) is 76.4 Å². The van der Waals surface area contributed by atoms with Gasteiger partial charge < -0.3 is 15.0 Å². The molecular formula is C28H37N3O2. The molecule has 2 aromatic rings. The molecule has 0 saturated carbocycles. The van der Waals surface area contributed by atoms with Gasteiger partial charge in [-0.1, -0.05) is 19.8 Å². The van der Waals surface area contributed by atoms with Crippen molar-refractivity contribution >= 4 is 17.3 Å². The lowest BCUT2D eigenvalue weighted by atomic mass is 10.00. The topological polar surface area (TPSA) is 44.8 Å². The van der Waals surface area contributed by atoms with Crippen molar-refractivity contribution in [3.8, 4) is 5.75 Å². The summed E-state index contributed by atoms with van der Waals surface area (Å²) in [5.74, 6) is 0.718. The highest BCUT2D eigenvalue weighted by Gasteiger charge is 2.42. The number of fused-ring (bicyclic) bond motifs is 2. The van der Waals surface area contributed by atoms with Gasteiger partial charge in [-0.3, -0.25) is 9.69 Å². The number of piperidine rings is 1. The molecule has 3 fully saturated rings. The van der Waals surface area contributed by atoms with Crippen LogP contribution in [0, 0.1) is 0 Å². The molecule has 176 valence electrons. The number of unbranched alkanes of at least 4 members (excludes halogenated alkanes) is 1. The SMILES string of the molecule is CCCCOc1ccc(C(=O)Nc2ccc(N3CCC(N4C5CCCC4CC5)C3)cc2)cc1. The molecule has 0 spiro atoms. The zero-order valence-corrected chi connectivity index (χ0v) is 19.8. The number of nitrogens with zero attached hydrogens (tertiary/aromatic N) is 2. The lowest BCUT2D eigenvalue weighted by Gasteiger charge is -2.39. The molecule has 3 heterocycles. The molecule has 5 heteroatoms. The van der Waals surface area contributed by atoms with Crippen molar-refractivity contribution in [1.29, 1.82) is 0 Å². The predicted molar refractivity (Wildman–Crippen MR) is 134 cm³/mol. The van der Waals surface area contributed by atoms with Crippen LogP contribution < -0.4 is 15.0 Å². The van der Waals surface area contributed by atoms with E-state index in [0.717, 1.165) is 49.5 Å². The second-order valence-electron chi connectivity index (χ2n) is 9.88. The van der Waals surface area contributed by atoms with Gasteiger partial charge in [-0.15, -0.1) is 0 Å². The summed E-state index contributed by atoms with van der Waals surface area (Å²) in [5, 5.41) is 3.02. The molecule has 3 aliphatic rings. The van der Waals surface area contributed by atoms with Gasteiger partial charge >= 0.3 is 0 Å². The number of hydrogen-bond donors (Lipinski definition) is 1. The Morgan fingerprint density at radius 3 is 2.36 bits per heavy atom. The van der Waals surface area contributed by atoms with E-state index in [1.165, 1.54) is 44.2 Å². The van der Waals surface area contributed by atoms with Crippen molar-refractivity contribution in [1.82, 2.24) is 4.90 Å². The number of nitrogens with one attached hydrogen (secondary N) is 1. The third kappa shape index (κ3) is 5.03. The van der Waals surface area contributed by atoms with Gasteiger partial charge in [0, 0.05) is 48.2 Å². The molecular weight excluding hydrogens is 410 g/mol. The number of ether oxygens (including phenoxy) is 1. The van der Waals surface area contributed by atoms with Crippen molar-refractivity contribution in [2.75, 3.05) is 29.9 Å². The summed E-state index contributed by atoms with van der Waals surface area (Å²) >= 11 is 0. The van der Waals surface area contributed by atoms with Crippen LogP contribution in [-0.4, -0.2) is 48.6 Å². The highest BCUT2D eigenvalue weighted by atomic mass is 16.5. The van der Waals surface area contributed by atoms with Crippen LogP contribution in [0.25, 0.3) is 0 Å². The van der Waals surface area contributed by atoms with E-state index in [0.29, 0.717) is 18.2 Å². The van der Waals surface area contributed by atoms with E-state index in [1.54, 1.807) is 0 Å². The largest absolute Gasteiger partial charge is 0.494 e. The maximum absolute atomic E-state index is 12.6. The highest BCUT2D eigenvalue weighted by molar-refractivity contribution is 6.04. The zero-order valence-electron chi connectivity index (χ0n) is 19.8. The predicted octanol–water partition coefficient (Wildman–Crippen LogP) is 5.71. The van der Waals surface area contributed by atoms with Crippen LogP contribution in [0.3, 0.4) is 0 Å². The molecule has 1 N–H and O–H groups in total. The summed E-state index contributed by atoms with van der Waals surface area (Å²) in [6.07, 6.45) is 10.4. The summed E-state index contributed by atoms with van der Waals surface area (Å²) < 4.78 is 5.68. The van der Waals surface area contributed by atoms with Crippen LogP contribution in [0.2, 0.25) is 0 Å². The van der Waals surface area contributed by atoms with Gasteiger partial charge in [0.15, 0.2) is 0 Å². The number of hydrogen-bond acceptors (Lipinski definition) is 4. The van der Waals surface area contributed by atoms with Gasteiger partial charge in [0.05, 0.1) is 6.61 Å². The third-order valence-corrected chi connectivity index (χ3v) is 7.71. The maximum atomic E-state index is 12.6. The van der Waals surface area contributed by atoms with E-state index < -0.39 is 0 Å². The molecule has 1 amide bonds. The van der Waals surface area contributed by atoms with Crippen LogP contribution in [0.1, 0.15) is 68.6 Å². The van der Waals surface area contributed by atoms with E-state index >= 15 is 0 Å². The lowest BCUT2D eigenvalue weighted by Crippen LogP contribution is -2.47. The summed E-state index contributed by atoms with van der Waals surface area (Å²) in [4.78, 5) is 18.0. The van der Waals surface area contributed by atoms with Gasteiger partial charge in [0.25, 0.3) is 5.91 Å². The smallest absolute Gasteiger partial charge is 0.255 e. The summed E-state index contributed by atoms with van der Waals surface area (Å²) in [7, 11) is 0. The molecule has 2 aromatic carbocycles. The van der Waals surface area contributed by atoms with Crippen molar-refractivity contribution in [2.24, 2.45) is 0 Å². The van der Waals surface area contributed by atoms with Crippen LogP contribution >= 0.6 is 0 Å². The second kappa shape index (κ2) is 10.2. The van der Waals surface area contributed by atoms with Crippen LogP contribution in [0.4, 0.5) is 11.4 Å². The third-order valence-electron chi connectivity index (χ3n) is 7.71. The first kappa shape index (κ1) is 22.3. The molecule has 2 bridgehead atoms. The zero-order chi connectivity index (χ0) is 22.6. The molecule has 0 aromatic heterocycles. The monoisotopic (exact) mass is 447 g/mol. The first-order valence-corrected chi connectivity index (χ1v) is 12.9. The van der Waals surface area contributed by atoms with E-state index in [9.17, 15) is 4.79 Å². The standard InChI is InChI=1S/C28H37N3O2/c1-2-3-19-33-27-15-7-21(8-16-27)28(32)29-22-9-11-23(12-10-22)30-18-17-26(20-30)31-24-5-4-6-25(31)14-13-24/h7-12,15-16,24-26H,2-6,13-14,17-20H2,1H3,(H,29,32). The van der Waals surface area contributed by atoms with Gasteiger partial charge in [0.2, 0.25) is 0 Å². The minimum atomic E-state index is -0.0929. The molecule has 3 atom stereocenters. The summed E-state index contributed by atoms with van der Waals surface area (Å²) in [6.45, 7) is 5.11. The quantitative estimate of drug-likeness (QED) is 0.526. The minimum absolute atomic E-state index is 0.0929. The van der Waals surface area contributed by atoms with E-state index in [-0.39, 0.29) is 5.91 Å². The van der Waals surface area contributed by atoms with Gasteiger partial charge in [-0.25, -0.2) is 0 Å². The highest BCUT2D eigenvalue weighted by Crippen LogP contribution is 2.39. The molecule has 3 aliphatic heterocycles. The number of carbonyl (C=O) groups excluding carboxylic acids is 1. The Morgan fingerprint density at radius 1 is 0.939 bits per heavy atom. The summed E-state index contributed by atoms with van der Waals surface area (Å²) in [5.41, 5.74) is 2.73. The number of rotatable bonds is 8. The lowest BCUT2D eigenvalue weighted by molar-refractivity contribution is 0.0965. The Morgan fingerprint density at radius 2 is 1.67 bits per heavy atom. The van der Waals surface area contributed by atoms with Gasteiger partial charge in [0.1, 0.15) is 5.75 Å². The van der Waals surface area contributed by atoms with Crippen LogP contribution in [0.15, 0.2) is 48.5 Å². The van der Waals surface area contributed by atoms with E-state index in [2.05, 4.69) is 34.2 Å². The molecule has 0 radical (unpaired) electrons. The Kier molecular flexibility index (Phi) is 6.86. The fraction of sp³-hybridized carbons (Fsp3) is 0.536. The van der Waals surface area contributed by atoms with Crippen molar-refractivity contribution in [3.05, 3.63) is 54.1 Å². The second-order valence-corrected chi connectivity index (χ2v) is 9.88. The van der Waals surface area contributed by atoms with E-state index in [4.69, 9.17) is 4.74 Å². The van der Waals surface area contributed by atoms with Gasteiger partial charge in [-0.2, -0.15) is 0 Å². The molecule has 5 nitrogen and oxygen atoms in total. The number of amides is 1. The average molecular weight is 448 g/mol. The Labute approximate surface area is 198 Å². The normalized spacial score (nSPS) is 24.8. The van der Waals surface area contributed by atoms with Crippen LogP contribution in [-0.2, 0) is 0 Å². The fourth-order valence-corrected chi connectivity index (χ4v) is 5.97. The number of benzene rings is 2. The van der Waals surface area contributed by atoms with Crippen molar-refractivity contribution < 1.29 is 9.53 Å². The van der Waals surface area contributed by atoms with Crippen molar-refractivity contribution in [3.63, 3.8) is 0 Å². The van der Waals surface area contributed by atoms with Gasteiger partial charge in [-0.05, 0) is 87.1 Å². The van der Waals surface area contributed by atoms with Crippen LogP contribution in [0.5, 0.6) is 5.75 Å². The summed E-state index contributed by atoms with van der Waals surface area (Å²) in [6, 6.07) is 18.1. The number of anilines is 2. The fourth-order valence-electron chi connectivity index (χ4n) is 5.97. The minimum Gasteiger partial charge on any atom is -0.494 e. The first-order valence-electron chi connectivity index (χ1n) is 12.9.